The number of allylic oxidation sites excluding steroid dienone is 1. The first-order valence-corrected chi connectivity index (χ1v) is 13.5. The Bertz CT molecular complexity index is 616. The van der Waals surface area contributed by atoms with Crippen molar-refractivity contribution in [1.29, 1.82) is 0 Å². The molecule has 0 aromatic carbocycles. The molecule has 4 saturated carbocycles. The highest BCUT2D eigenvalue weighted by molar-refractivity contribution is 9.09. The second-order valence-electron chi connectivity index (χ2n) is 12.2. The normalized spacial score (nSPS) is 50.3. The van der Waals surface area contributed by atoms with Crippen LogP contribution in [-0.2, 0) is 0 Å². The van der Waals surface area contributed by atoms with Gasteiger partial charge >= 0.3 is 0 Å². The Hall–Kier alpha value is 0.180. The van der Waals surface area contributed by atoms with E-state index in [-0.39, 0.29) is 6.10 Å². The Labute approximate surface area is 188 Å². The van der Waals surface area contributed by atoms with Crippen molar-refractivity contribution in [2.75, 3.05) is 0 Å². The Morgan fingerprint density at radius 3 is 2.48 bits per heavy atom. The van der Waals surface area contributed by atoms with Crippen LogP contribution in [0.2, 0.25) is 0 Å². The van der Waals surface area contributed by atoms with Crippen LogP contribution >= 0.6 is 15.9 Å². The number of halogens is 1. The van der Waals surface area contributed by atoms with Gasteiger partial charge in [0, 0.05) is 4.83 Å². The lowest BCUT2D eigenvalue weighted by atomic mass is 9.44. The summed E-state index contributed by atoms with van der Waals surface area (Å²) < 4.78 is 0. The van der Waals surface area contributed by atoms with Crippen LogP contribution in [0.1, 0.15) is 98.3 Å². The van der Waals surface area contributed by atoms with Crippen molar-refractivity contribution in [1.82, 2.24) is 0 Å². The monoisotopic (exact) mass is 464 g/mol. The van der Waals surface area contributed by atoms with Crippen molar-refractivity contribution in [3.63, 3.8) is 0 Å². The first-order chi connectivity index (χ1) is 13.7. The van der Waals surface area contributed by atoms with Gasteiger partial charge in [-0.1, -0.05) is 48.7 Å². The lowest BCUT2D eigenvalue weighted by Gasteiger charge is -2.62. The van der Waals surface area contributed by atoms with E-state index in [4.69, 9.17) is 0 Å². The van der Waals surface area contributed by atoms with E-state index in [1.54, 1.807) is 0 Å². The average molecular weight is 466 g/mol. The Balaban J connectivity index is 1.51. The molecule has 0 amide bonds. The van der Waals surface area contributed by atoms with Gasteiger partial charge in [0.1, 0.15) is 0 Å². The van der Waals surface area contributed by atoms with E-state index in [0.717, 1.165) is 48.3 Å². The molecule has 0 aliphatic heterocycles. The Morgan fingerprint density at radius 1 is 1.07 bits per heavy atom. The first kappa shape index (κ1) is 22.4. The molecule has 10 atom stereocenters. The molecule has 4 aliphatic rings. The third-order valence-corrected chi connectivity index (χ3v) is 11.6. The summed E-state index contributed by atoms with van der Waals surface area (Å²) in [4.78, 5) is 0.665. The van der Waals surface area contributed by atoms with Gasteiger partial charge in [-0.15, -0.1) is 6.58 Å². The SMILES string of the molecule is C=C(C)CCC[C@@H](C)[C@H]1CC[C@H]2[C@@H]3C(Br)CC4CC(O)CC[C@]4(C)[C@H]3CC[C@]12C. The van der Waals surface area contributed by atoms with Crippen LogP contribution in [0.25, 0.3) is 0 Å². The fourth-order valence-corrected chi connectivity index (χ4v) is 10.2. The van der Waals surface area contributed by atoms with Crippen LogP contribution in [0.3, 0.4) is 0 Å². The van der Waals surface area contributed by atoms with Gasteiger partial charge in [0.25, 0.3) is 0 Å². The van der Waals surface area contributed by atoms with Gasteiger partial charge < -0.3 is 5.11 Å². The maximum Gasteiger partial charge on any atom is 0.0543 e. The summed E-state index contributed by atoms with van der Waals surface area (Å²) in [7, 11) is 0. The fourth-order valence-electron chi connectivity index (χ4n) is 9.05. The summed E-state index contributed by atoms with van der Waals surface area (Å²) in [5.41, 5.74) is 2.37. The molecule has 0 aromatic heterocycles. The number of rotatable bonds is 5. The molecule has 1 N–H and O–H groups in total. The highest BCUT2D eigenvalue weighted by Gasteiger charge is 2.62. The molecule has 29 heavy (non-hydrogen) atoms. The molecule has 4 rings (SSSR count). The van der Waals surface area contributed by atoms with Crippen LogP contribution in [0.5, 0.6) is 0 Å². The molecule has 3 unspecified atom stereocenters. The Morgan fingerprint density at radius 2 is 1.76 bits per heavy atom. The number of hydrogen-bond acceptors (Lipinski definition) is 1. The molecule has 0 saturated heterocycles. The van der Waals surface area contributed by atoms with Gasteiger partial charge in [-0.3, -0.25) is 0 Å². The molecule has 0 heterocycles. The van der Waals surface area contributed by atoms with E-state index in [0.29, 0.717) is 15.7 Å². The summed E-state index contributed by atoms with van der Waals surface area (Å²) in [6.45, 7) is 14.1. The number of fused-ring (bicyclic) bond motifs is 5. The minimum Gasteiger partial charge on any atom is -0.393 e. The third-order valence-electron chi connectivity index (χ3n) is 10.6. The van der Waals surface area contributed by atoms with E-state index in [1.807, 2.05) is 0 Å². The lowest BCUT2D eigenvalue weighted by Crippen LogP contribution is -2.57. The van der Waals surface area contributed by atoms with Crippen LogP contribution in [0, 0.1) is 46.3 Å². The summed E-state index contributed by atoms with van der Waals surface area (Å²) >= 11 is 4.22. The second-order valence-corrected chi connectivity index (χ2v) is 13.4. The van der Waals surface area contributed by atoms with Crippen LogP contribution in [0.4, 0.5) is 0 Å². The number of hydrogen-bond donors (Lipinski definition) is 1. The summed E-state index contributed by atoms with van der Waals surface area (Å²) in [6.07, 6.45) is 14.3. The molecule has 0 radical (unpaired) electrons. The molecule has 166 valence electrons. The van der Waals surface area contributed by atoms with E-state index in [1.165, 1.54) is 63.4 Å². The standard InChI is InChI=1S/C27H45BrO/c1-17(2)7-6-8-18(3)21-9-10-22-25-23(12-14-27(21,22)5)26(4)13-11-20(29)15-19(26)16-24(25)28/h18-25,29H,1,6-16H2,2-5H3/t18-,19?,20?,21-,22+,23+,24?,25+,26+,27-/m1/s1. The minimum absolute atomic E-state index is 0.0471. The fraction of sp³-hybridized carbons (Fsp3) is 0.926. The van der Waals surface area contributed by atoms with E-state index in [9.17, 15) is 5.11 Å². The highest BCUT2D eigenvalue weighted by atomic mass is 79.9. The van der Waals surface area contributed by atoms with Crippen molar-refractivity contribution < 1.29 is 5.11 Å². The molecular weight excluding hydrogens is 420 g/mol. The molecule has 0 bridgehead atoms. The topological polar surface area (TPSA) is 20.2 Å². The van der Waals surface area contributed by atoms with Gasteiger partial charge in [0.2, 0.25) is 0 Å². The smallest absolute Gasteiger partial charge is 0.0543 e. The van der Waals surface area contributed by atoms with Crippen molar-refractivity contribution in [3.05, 3.63) is 12.2 Å². The zero-order chi connectivity index (χ0) is 21.0. The molecular formula is C27H45BrO. The minimum atomic E-state index is -0.0471. The van der Waals surface area contributed by atoms with Gasteiger partial charge in [-0.25, -0.2) is 0 Å². The average Bonchev–Trinajstić information content (AvgIpc) is 3.00. The Kier molecular flexibility index (Phi) is 6.38. The zero-order valence-electron chi connectivity index (χ0n) is 19.4. The molecule has 4 aliphatic carbocycles. The van der Waals surface area contributed by atoms with Crippen molar-refractivity contribution >= 4 is 15.9 Å². The summed E-state index contributed by atoms with van der Waals surface area (Å²) in [5, 5.41) is 10.3. The molecule has 4 fully saturated rings. The number of alkyl halides is 1. The maximum atomic E-state index is 10.3. The zero-order valence-corrected chi connectivity index (χ0v) is 21.0. The molecule has 1 nitrogen and oxygen atoms in total. The largest absolute Gasteiger partial charge is 0.393 e. The number of aliphatic hydroxyl groups excluding tert-OH is 1. The highest BCUT2D eigenvalue weighted by Crippen LogP contribution is 2.69. The predicted octanol–water partition coefficient (Wildman–Crippen LogP) is 7.76. The van der Waals surface area contributed by atoms with Gasteiger partial charge in [0.05, 0.1) is 6.10 Å². The lowest BCUT2D eigenvalue weighted by molar-refractivity contribution is -0.125. The van der Waals surface area contributed by atoms with E-state index in [2.05, 4.69) is 50.2 Å². The third kappa shape index (κ3) is 3.81. The predicted molar refractivity (Wildman–Crippen MR) is 127 cm³/mol. The summed E-state index contributed by atoms with van der Waals surface area (Å²) in [6, 6.07) is 0. The molecule has 0 spiro atoms. The first-order valence-electron chi connectivity index (χ1n) is 12.6. The van der Waals surface area contributed by atoms with Gasteiger partial charge in [-0.2, -0.15) is 0 Å². The second kappa shape index (κ2) is 8.27. The van der Waals surface area contributed by atoms with Gasteiger partial charge in [0.15, 0.2) is 0 Å². The van der Waals surface area contributed by atoms with E-state index < -0.39 is 0 Å². The van der Waals surface area contributed by atoms with E-state index >= 15 is 0 Å². The van der Waals surface area contributed by atoms with Crippen molar-refractivity contribution in [3.8, 4) is 0 Å². The van der Waals surface area contributed by atoms with Crippen molar-refractivity contribution in [2.45, 2.75) is 109 Å². The summed E-state index contributed by atoms with van der Waals surface area (Å²) in [5.74, 6) is 5.12. The van der Waals surface area contributed by atoms with Crippen LogP contribution in [0.15, 0.2) is 12.2 Å². The van der Waals surface area contributed by atoms with Crippen LogP contribution in [-0.4, -0.2) is 16.0 Å². The van der Waals surface area contributed by atoms with Gasteiger partial charge in [-0.05, 0) is 117 Å². The van der Waals surface area contributed by atoms with Crippen molar-refractivity contribution in [2.24, 2.45) is 46.3 Å². The molecule has 2 heteroatoms. The number of aliphatic hydroxyl groups is 1. The maximum absolute atomic E-state index is 10.3. The molecule has 0 aromatic rings. The van der Waals surface area contributed by atoms with Crippen LogP contribution < -0.4 is 0 Å². The quantitative estimate of drug-likeness (QED) is 0.325.